The number of hydrogen-bond acceptors (Lipinski definition) is 4. The number of anilines is 2. The molecule has 3 rings (SSSR count). The Bertz CT molecular complexity index is 772. The summed E-state index contributed by atoms with van der Waals surface area (Å²) in [7, 11) is 4.10. The predicted molar refractivity (Wildman–Crippen MR) is 122 cm³/mol. The Morgan fingerprint density at radius 3 is 2.37 bits per heavy atom. The van der Waals surface area contributed by atoms with E-state index in [9.17, 15) is 4.79 Å². The van der Waals surface area contributed by atoms with Crippen LogP contribution in [0.15, 0.2) is 54.6 Å². The summed E-state index contributed by atoms with van der Waals surface area (Å²) in [5.41, 5.74) is 3.73. The first-order valence-electron chi connectivity index (χ1n) is 10.8. The molecule has 0 saturated carbocycles. The Morgan fingerprint density at radius 1 is 1.10 bits per heavy atom. The highest BCUT2D eigenvalue weighted by Crippen LogP contribution is 2.17. The Kier molecular flexibility index (Phi) is 8.11. The lowest BCUT2D eigenvalue weighted by molar-refractivity contribution is -0.931. The molecule has 0 aromatic heterocycles. The normalized spacial score (nSPS) is 15.6. The number of amides is 1. The van der Waals surface area contributed by atoms with E-state index in [0.29, 0.717) is 13.2 Å². The van der Waals surface area contributed by atoms with Crippen LogP contribution in [-0.2, 0) is 9.53 Å². The Labute approximate surface area is 180 Å². The van der Waals surface area contributed by atoms with Crippen LogP contribution < -0.4 is 20.0 Å². The highest BCUT2D eigenvalue weighted by atomic mass is 16.5. The fourth-order valence-corrected chi connectivity index (χ4v) is 4.00. The molecule has 2 aromatic rings. The first kappa shape index (κ1) is 22.1. The standard InChI is InChI=1S/C24H34N4O2/c1-4-30-19-24(29)25-18-23(20-10-12-21(13-11-20)26(2)3)28-16-14-27(15-17-28)22-8-6-5-7-9-22/h5-13,23H,4,14-19H2,1-3H3,(H,25,29)/p+1/t23-/m0/s1. The molecule has 1 atom stereocenters. The number of quaternary nitrogens is 1. The van der Waals surface area contributed by atoms with Crippen molar-refractivity contribution < 1.29 is 14.4 Å². The molecule has 0 radical (unpaired) electrons. The van der Waals surface area contributed by atoms with Gasteiger partial charge in [-0.1, -0.05) is 30.3 Å². The maximum atomic E-state index is 12.1. The van der Waals surface area contributed by atoms with Gasteiger partial charge in [0.25, 0.3) is 0 Å². The van der Waals surface area contributed by atoms with Gasteiger partial charge in [0.15, 0.2) is 0 Å². The minimum absolute atomic E-state index is 0.0471. The van der Waals surface area contributed by atoms with Gasteiger partial charge in [-0.15, -0.1) is 0 Å². The number of para-hydroxylation sites is 1. The number of carbonyl (C=O) groups is 1. The Hall–Kier alpha value is -2.57. The minimum atomic E-state index is -0.0471. The van der Waals surface area contributed by atoms with E-state index in [1.54, 1.807) is 0 Å². The first-order chi connectivity index (χ1) is 14.6. The van der Waals surface area contributed by atoms with Gasteiger partial charge in [-0.05, 0) is 31.2 Å². The van der Waals surface area contributed by atoms with Crippen LogP contribution in [0.3, 0.4) is 0 Å². The van der Waals surface area contributed by atoms with Gasteiger partial charge < -0.3 is 24.8 Å². The van der Waals surface area contributed by atoms with E-state index >= 15 is 0 Å². The van der Waals surface area contributed by atoms with E-state index < -0.39 is 0 Å². The van der Waals surface area contributed by atoms with Crippen LogP contribution in [0.25, 0.3) is 0 Å². The number of rotatable bonds is 9. The quantitative estimate of drug-likeness (QED) is 0.654. The van der Waals surface area contributed by atoms with Crippen molar-refractivity contribution in [1.82, 2.24) is 5.32 Å². The predicted octanol–water partition coefficient (Wildman–Crippen LogP) is 1.35. The molecule has 0 bridgehead atoms. The fraction of sp³-hybridized carbons (Fsp3) is 0.458. The monoisotopic (exact) mass is 411 g/mol. The van der Waals surface area contributed by atoms with Crippen molar-refractivity contribution in [3.05, 3.63) is 60.2 Å². The SMILES string of the molecule is CCOCC(=O)NC[C@@H](c1ccc(N(C)C)cc1)[NH+]1CCN(c2ccccc2)CC1. The third-order valence-electron chi connectivity index (χ3n) is 5.77. The van der Waals surface area contributed by atoms with Gasteiger partial charge in [-0.2, -0.15) is 0 Å². The average molecular weight is 412 g/mol. The second kappa shape index (κ2) is 11.0. The summed E-state index contributed by atoms with van der Waals surface area (Å²) in [5, 5.41) is 3.08. The molecule has 2 N–H and O–H groups in total. The molecular weight excluding hydrogens is 376 g/mol. The van der Waals surface area contributed by atoms with Crippen molar-refractivity contribution in [3.8, 4) is 0 Å². The zero-order valence-electron chi connectivity index (χ0n) is 18.4. The molecule has 6 nitrogen and oxygen atoms in total. The summed E-state index contributed by atoms with van der Waals surface area (Å²) in [6, 6.07) is 19.5. The third kappa shape index (κ3) is 5.97. The topological polar surface area (TPSA) is 49.2 Å². The molecule has 1 fully saturated rings. The second-order valence-electron chi connectivity index (χ2n) is 7.96. The largest absolute Gasteiger partial charge is 0.378 e. The zero-order valence-corrected chi connectivity index (χ0v) is 18.4. The summed E-state index contributed by atoms with van der Waals surface area (Å²) < 4.78 is 5.25. The lowest BCUT2D eigenvalue weighted by Crippen LogP contribution is -3.15. The summed E-state index contributed by atoms with van der Waals surface area (Å²) in [6.07, 6.45) is 0. The Balaban J connectivity index is 1.68. The van der Waals surface area contributed by atoms with Gasteiger partial charge in [0.2, 0.25) is 5.91 Å². The summed E-state index contributed by atoms with van der Waals surface area (Å²) in [4.78, 5) is 18.2. The van der Waals surface area contributed by atoms with Crippen LogP contribution in [0.2, 0.25) is 0 Å². The summed E-state index contributed by atoms with van der Waals surface area (Å²) in [6.45, 7) is 7.30. The summed E-state index contributed by atoms with van der Waals surface area (Å²) >= 11 is 0. The van der Waals surface area contributed by atoms with E-state index in [1.807, 2.05) is 6.92 Å². The lowest BCUT2D eigenvalue weighted by atomic mass is 10.0. The van der Waals surface area contributed by atoms with Crippen LogP contribution in [0.5, 0.6) is 0 Å². The Morgan fingerprint density at radius 2 is 1.77 bits per heavy atom. The van der Waals surface area contributed by atoms with Crippen molar-refractivity contribution in [2.24, 2.45) is 0 Å². The van der Waals surface area contributed by atoms with Gasteiger partial charge in [0.1, 0.15) is 12.6 Å². The number of carbonyl (C=O) groups excluding carboxylic acids is 1. The molecule has 6 heteroatoms. The van der Waals surface area contributed by atoms with Gasteiger partial charge in [0.05, 0.1) is 32.7 Å². The van der Waals surface area contributed by atoms with Crippen LogP contribution in [0, 0.1) is 0 Å². The number of nitrogens with zero attached hydrogens (tertiary/aromatic N) is 2. The van der Waals surface area contributed by atoms with Gasteiger partial charge in [0, 0.05) is 37.6 Å². The molecule has 1 aliphatic rings. The molecule has 2 aromatic carbocycles. The van der Waals surface area contributed by atoms with Gasteiger partial charge in [-0.25, -0.2) is 0 Å². The lowest BCUT2D eigenvalue weighted by Gasteiger charge is -2.38. The fourth-order valence-electron chi connectivity index (χ4n) is 4.00. The number of nitrogens with one attached hydrogen (secondary N) is 2. The molecular formula is C24H35N4O2+. The molecule has 0 unspecified atom stereocenters. The van der Waals surface area contributed by atoms with Crippen LogP contribution in [0.1, 0.15) is 18.5 Å². The first-order valence-corrected chi connectivity index (χ1v) is 10.8. The maximum Gasteiger partial charge on any atom is 0.246 e. The van der Waals surface area contributed by atoms with Crippen molar-refractivity contribution in [1.29, 1.82) is 0 Å². The van der Waals surface area contributed by atoms with E-state index in [1.165, 1.54) is 21.8 Å². The third-order valence-corrected chi connectivity index (χ3v) is 5.77. The van der Waals surface area contributed by atoms with E-state index in [2.05, 4.69) is 83.8 Å². The highest BCUT2D eigenvalue weighted by Gasteiger charge is 2.29. The zero-order chi connectivity index (χ0) is 21.3. The molecule has 0 aliphatic carbocycles. The number of piperazine rings is 1. The molecule has 30 heavy (non-hydrogen) atoms. The summed E-state index contributed by atoms with van der Waals surface area (Å²) in [5.74, 6) is -0.0471. The number of ether oxygens (including phenoxy) is 1. The molecule has 1 aliphatic heterocycles. The van der Waals surface area contributed by atoms with E-state index in [-0.39, 0.29) is 18.6 Å². The number of hydrogen-bond donors (Lipinski definition) is 2. The highest BCUT2D eigenvalue weighted by molar-refractivity contribution is 5.77. The molecule has 162 valence electrons. The van der Waals surface area contributed by atoms with Crippen LogP contribution in [-0.4, -0.2) is 65.9 Å². The molecule has 1 saturated heterocycles. The van der Waals surface area contributed by atoms with E-state index in [4.69, 9.17) is 4.74 Å². The molecule has 1 heterocycles. The molecule has 1 amide bonds. The van der Waals surface area contributed by atoms with Crippen molar-refractivity contribution in [2.45, 2.75) is 13.0 Å². The van der Waals surface area contributed by atoms with Gasteiger partial charge >= 0.3 is 0 Å². The smallest absolute Gasteiger partial charge is 0.246 e. The molecule has 0 spiro atoms. The van der Waals surface area contributed by atoms with Crippen LogP contribution in [0.4, 0.5) is 11.4 Å². The second-order valence-corrected chi connectivity index (χ2v) is 7.96. The van der Waals surface area contributed by atoms with Crippen LogP contribution >= 0.6 is 0 Å². The van der Waals surface area contributed by atoms with Crippen molar-refractivity contribution in [2.75, 3.05) is 69.8 Å². The van der Waals surface area contributed by atoms with Crippen molar-refractivity contribution >= 4 is 17.3 Å². The van der Waals surface area contributed by atoms with Crippen molar-refractivity contribution in [3.63, 3.8) is 0 Å². The number of benzene rings is 2. The minimum Gasteiger partial charge on any atom is -0.378 e. The maximum absolute atomic E-state index is 12.1. The van der Waals surface area contributed by atoms with Gasteiger partial charge in [-0.3, -0.25) is 4.79 Å². The average Bonchev–Trinajstić information content (AvgIpc) is 2.79. The van der Waals surface area contributed by atoms with E-state index in [0.717, 1.165) is 26.2 Å².